The molecule has 0 spiro atoms. The van der Waals surface area contributed by atoms with Crippen LogP contribution in [-0.2, 0) is 6.42 Å². The van der Waals surface area contributed by atoms with Crippen molar-refractivity contribution in [2.45, 2.75) is 6.42 Å². The molecule has 0 radical (unpaired) electrons. The number of H-pyrrole nitrogens is 1. The van der Waals surface area contributed by atoms with Gasteiger partial charge >= 0.3 is 0 Å². The number of fused-ring (bicyclic) bond motifs is 1. The van der Waals surface area contributed by atoms with Gasteiger partial charge in [-0.05, 0) is 12.0 Å². The first-order chi connectivity index (χ1) is 4.88. The van der Waals surface area contributed by atoms with Gasteiger partial charge < -0.3 is 10.3 Å². The van der Waals surface area contributed by atoms with Gasteiger partial charge in [-0.15, -0.1) is 0 Å². The van der Waals surface area contributed by atoms with Gasteiger partial charge in [0.1, 0.15) is 0 Å². The molecule has 1 amide bonds. The molecule has 0 aromatic carbocycles. The van der Waals surface area contributed by atoms with E-state index in [4.69, 9.17) is 0 Å². The molecule has 1 aliphatic heterocycles. The van der Waals surface area contributed by atoms with Crippen LogP contribution in [0.1, 0.15) is 15.9 Å². The van der Waals surface area contributed by atoms with Crippen LogP contribution in [0.4, 0.5) is 0 Å². The van der Waals surface area contributed by atoms with E-state index in [1.165, 1.54) is 0 Å². The highest BCUT2D eigenvalue weighted by Gasteiger charge is 2.15. The molecule has 1 aromatic rings. The van der Waals surface area contributed by atoms with Crippen molar-refractivity contribution < 1.29 is 4.79 Å². The summed E-state index contributed by atoms with van der Waals surface area (Å²) in [7, 11) is 0. The van der Waals surface area contributed by atoms with Crippen LogP contribution in [0.25, 0.3) is 0 Å². The van der Waals surface area contributed by atoms with Crippen LogP contribution in [-0.4, -0.2) is 17.4 Å². The van der Waals surface area contributed by atoms with Crippen molar-refractivity contribution in [3.63, 3.8) is 0 Å². The van der Waals surface area contributed by atoms with Gasteiger partial charge in [-0.1, -0.05) is 0 Å². The molecule has 0 unspecified atom stereocenters. The maximum absolute atomic E-state index is 11.0. The lowest BCUT2D eigenvalue weighted by Crippen LogP contribution is -2.30. The number of aromatic nitrogens is 1. The highest BCUT2D eigenvalue weighted by Crippen LogP contribution is 2.11. The fourth-order valence-corrected chi connectivity index (χ4v) is 1.22. The Balaban J connectivity index is 2.50. The summed E-state index contributed by atoms with van der Waals surface area (Å²) in [5, 5.41) is 2.77. The van der Waals surface area contributed by atoms with Crippen molar-refractivity contribution in [2.75, 3.05) is 6.54 Å². The van der Waals surface area contributed by atoms with E-state index in [-0.39, 0.29) is 5.91 Å². The van der Waals surface area contributed by atoms with Crippen LogP contribution in [0.15, 0.2) is 12.4 Å². The van der Waals surface area contributed by atoms with Crippen LogP contribution in [0.2, 0.25) is 0 Å². The standard InChI is InChI=1S/C7H8N2O/c10-7-6-4-8-3-5(6)1-2-9-7/h3-4,8H,1-2H2,(H,9,10). The van der Waals surface area contributed by atoms with E-state index in [0.717, 1.165) is 24.1 Å². The Morgan fingerprint density at radius 3 is 3.10 bits per heavy atom. The van der Waals surface area contributed by atoms with E-state index in [2.05, 4.69) is 10.3 Å². The monoisotopic (exact) mass is 136 g/mol. The summed E-state index contributed by atoms with van der Waals surface area (Å²) in [4.78, 5) is 13.9. The lowest BCUT2D eigenvalue weighted by atomic mass is 10.1. The molecule has 3 heteroatoms. The van der Waals surface area contributed by atoms with Gasteiger partial charge in [0.05, 0.1) is 5.56 Å². The Kier molecular flexibility index (Phi) is 1.03. The van der Waals surface area contributed by atoms with E-state index in [1.54, 1.807) is 6.20 Å². The number of hydrogen-bond donors (Lipinski definition) is 2. The molecular formula is C7H8N2O. The van der Waals surface area contributed by atoms with Crippen LogP contribution < -0.4 is 5.32 Å². The summed E-state index contributed by atoms with van der Waals surface area (Å²) in [6.45, 7) is 0.768. The Hall–Kier alpha value is -1.25. The molecule has 0 saturated carbocycles. The zero-order valence-corrected chi connectivity index (χ0v) is 5.48. The van der Waals surface area contributed by atoms with Gasteiger partial charge in [0, 0.05) is 18.9 Å². The average molecular weight is 136 g/mol. The average Bonchev–Trinajstić information content (AvgIpc) is 2.36. The summed E-state index contributed by atoms with van der Waals surface area (Å²) in [6.07, 6.45) is 4.57. The van der Waals surface area contributed by atoms with Crippen molar-refractivity contribution in [2.24, 2.45) is 0 Å². The Morgan fingerprint density at radius 2 is 2.30 bits per heavy atom. The molecule has 2 heterocycles. The molecule has 52 valence electrons. The molecule has 2 rings (SSSR count). The third-order valence-electron chi connectivity index (χ3n) is 1.76. The summed E-state index contributed by atoms with van der Waals surface area (Å²) >= 11 is 0. The lowest BCUT2D eigenvalue weighted by molar-refractivity contribution is 0.0946. The molecule has 0 aliphatic carbocycles. The van der Waals surface area contributed by atoms with Gasteiger partial charge in [-0.3, -0.25) is 4.79 Å². The molecule has 2 N–H and O–H groups in total. The zero-order valence-electron chi connectivity index (χ0n) is 5.48. The van der Waals surface area contributed by atoms with Gasteiger partial charge in [-0.25, -0.2) is 0 Å². The first kappa shape index (κ1) is 5.53. The highest BCUT2D eigenvalue weighted by atomic mass is 16.1. The predicted octanol–water partition coefficient (Wildman–Crippen LogP) is 0.301. The number of carbonyl (C=O) groups is 1. The number of aromatic amines is 1. The highest BCUT2D eigenvalue weighted by molar-refractivity contribution is 5.96. The second kappa shape index (κ2) is 1.87. The molecule has 0 saturated heterocycles. The second-order valence-electron chi connectivity index (χ2n) is 2.40. The van der Waals surface area contributed by atoms with Gasteiger partial charge in [-0.2, -0.15) is 0 Å². The quantitative estimate of drug-likeness (QED) is 0.529. The van der Waals surface area contributed by atoms with Crippen LogP contribution in [0.5, 0.6) is 0 Å². The van der Waals surface area contributed by atoms with E-state index in [1.807, 2.05) is 6.20 Å². The zero-order chi connectivity index (χ0) is 6.97. The fraction of sp³-hybridized carbons (Fsp3) is 0.286. The Morgan fingerprint density at radius 1 is 1.40 bits per heavy atom. The third-order valence-corrected chi connectivity index (χ3v) is 1.76. The van der Waals surface area contributed by atoms with Gasteiger partial charge in [0.15, 0.2) is 0 Å². The minimum Gasteiger partial charge on any atom is -0.367 e. The third kappa shape index (κ3) is 0.635. The van der Waals surface area contributed by atoms with Crippen molar-refractivity contribution in [1.29, 1.82) is 0 Å². The topological polar surface area (TPSA) is 44.9 Å². The smallest absolute Gasteiger partial charge is 0.253 e. The maximum atomic E-state index is 11.0. The molecule has 3 nitrogen and oxygen atoms in total. The molecule has 0 atom stereocenters. The van der Waals surface area contributed by atoms with Crippen molar-refractivity contribution in [3.05, 3.63) is 23.5 Å². The summed E-state index contributed by atoms with van der Waals surface area (Å²) in [5.74, 6) is 0.0440. The number of hydrogen-bond acceptors (Lipinski definition) is 1. The van der Waals surface area contributed by atoms with Crippen LogP contribution in [0, 0.1) is 0 Å². The minimum atomic E-state index is 0.0440. The van der Waals surface area contributed by atoms with Crippen molar-refractivity contribution in [1.82, 2.24) is 10.3 Å². The normalized spacial score (nSPS) is 16.2. The molecule has 1 aromatic heterocycles. The molecule has 10 heavy (non-hydrogen) atoms. The number of nitrogens with one attached hydrogen (secondary N) is 2. The van der Waals surface area contributed by atoms with Crippen LogP contribution >= 0.6 is 0 Å². The molecular weight excluding hydrogens is 128 g/mol. The first-order valence-corrected chi connectivity index (χ1v) is 3.32. The molecule has 0 fully saturated rings. The summed E-state index contributed by atoms with van der Waals surface area (Å²) in [5.41, 5.74) is 1.93. The van der Waals surface area contributed by atoms with E-state index < -0.39 is 0 Å². The predicted molar refractivity (Wildman–Crippen MR) is 36.8 cm³/mol. The van der Waals surface area contributed by atoms with E-state index in [9.17, 15) is 4.79 Å². The van der Waals surface area contributed by atoms with E-state index in [0.29, 0.717) is 0 Å². The first-order valence-electron chi connectivity index (χ1n) is 3.32. The summed E-state index contributed by atoms with van der Waals surface area (Å²) < 4.78 is 0. The van der Waals surface area contributed by atoms with E-state index >= 15 is 0 Å². The summed E-state index contributed by atoms with van der Waals surface area (Å²) in [6, 6.07) is 0. The van der Waals surface area contributed by atoms with Gasteiger partial charge in [0.25, 0.3) is 5.91 Å². The Labute approximate surface area is 58.4 Å². The number of amides is 1. The maximum Gasteiger partial charge on any atom is 0.253 e. The Bertz CT molecular complexity index is 264. The molecule has 1 aliphatic rings. The van der Waals surface area contributed by atoms with Crippen molar-refractivity contribution in [3.8, 4) is 0 Å². The SMILES string of the molecule is O=C1NCCc2c[nH]cc21. The largest absolute Gasteiger partial charge is 0.367 e. The number of carbonyl (C=O) groups excluding carboxylic acids is 1. The minimum absolute atomic E-state index is 0.0440. The van der Waals surface area contributed by atoms with Crippen molar-refractivity contribution >= 4 is 5.91 Å². The molecule has 0 bridgehead atoms. The van der Waals surface area contributed by atoms with Crippen LogP contribution in [0.3, 0.4) is 0 Å². The second-order valence-corrected chi connectivity index (χ2v) is 2.40. The number of rotatable bonds is 0. The fourth-order valence-electron chi connectivity index (χ4n) is 1.22. The van der Waals surface area contributed by atoms with Gasteiger partial charge in [0.2, 0.25) is 0 Å². The lowest BCUT2D eigenvalue weighted by Gasteiger charge is -2.10.